The van der Waals surface area contributed by atoms with E-state index in [0.717, 1.165) is 18.7 Å². The first kappa shape index (κ1) is 19.1. The Morgan fingerprint density at radius 2 is 1.78 bits per heavy atom. The molecule has 0 saturated carbocycles. The second-order valence-corrected chi connectivity index (χ2v) is 6.77. The molecule has 0 N–H and O–H groups in total. The molecule has 3 rings (SSSR count). The fourth-order valence-corrected chi connectivity index (χ4v) is 3.48. The van der Waals surface area contributed by atoms with Crippen molar-refractivity contribution in [1.29, 1.82) is 0 Å². The van der Waals surface area contributed by atoms with Crippen LogP contribution in [0.5, 0.6) is 0 Å². The second kappa shape index (κ2) is 8.84. The molecule has 1 aliphatic heterocycles. The zero-order valence-electron chi connectivity index (χ0n) is 16.1. The van der Waals surface area contributed by atoms with Crippen molar-refractivity contribution >= 4 is 11.7 Å². The second-order valence-electron chi connectivity index (χ2n) is 6.77. The van der Waals surface area contributed by atoms with Crippen molar-refractivity contribution in [3.8, 4) is 11.3 Å². The van der Waals surface area contributed by atoms with E-state index in [1.54, 1.807) is 13.0 Å². The summed E-state index contributed by atoms with van der Waals surface area (Å²) in [6.45, 7) is 6.07. The third kappa shape index (κ3) is 4.38. The summed E-state index contributed by atoms with van der Waals surface area (Å²) in [5, 5.41) is 4.45. The minimum Gasteiger partial charge on any atom is -0.464 e. The lowest BCUT2D eigenvalue weighted by Crippen LogP contribution is -2.32. The number of nitrogens with zero attached hydrogens (tertiary/aromatic N) is 3. The van der Waals surface area contributed by atoms with Gasteiger partial charge in [0.15, 0.2) is 6.04 Å². The van der Waals surface area contributed by atoms with Gasteiger partial charge in [-0.3, -0.25) is 4.79 Å². The van der Waals surface area contributed by atoms with Crippen LogP contribution in [0.2, 0.25) is 0 Å². The molecule has 27 heavy (non-hydrogen) atoms. The van der Waals surface area contributed by atoms with Crippen molar-refractivity contribution in [3.05, 3.63) is 46.8 Å². The molecule has 6 heteroatoms. The molecule has 1 aromatic heterocycles. The minimum absolute atomic E-state index is 0.280. The first-order chi connectivity index (χ1) is 13.1. The molecule has 1 saturated heterocycles. The average molecular weight is 369 g/mol. The number of ether oxygens (including phenoxy) is 1. The first-order valence-corrected chi connectivity index (χ1v) is 9.76. The summed E-state index contributed by atoms with van der Waals surface area (Å²) in [7, 11) is 0. The Labute approximate surface area is 159 Å². The van der Waals surface area contributed by atoms with Crippen LogP contribution >= 0.6 is 0 Å². The highest BCUT2D eigenvalue weighted by atomic mass is 16.5. The summed E-state index contributed by atoms with van der Waals surface area (Å²) in [6, 6.07) is 10.7. The largest absolute Gasteiger partial charge is 0.464 e. The Hall–Kier alpha value is -2.63. The normalized spacial score (nSPS) is 15.4. The van der Waals surface area contributed by atoms with Crippen LogP contribution in [0, 0.1) is 0 Å². The summed E-state index contributed by atoms with van der Waals surface area (Å²) < 4.78 is 6.33. The van der Waals surface area contributed by atoms with Gasteiger partial charge in [0.2, 0.25) is 0 Å². The van der Waals surface area contributed by atoms with Gasteiger partial charge in [-0.2, -0.15) is 5.10 Å². The van der Waals surface area contributed by atoms with Gasteiger partial charge in [0.25, 0.3) is 5.56 Å². The molecule has 0 aliphatic carbocycles. The standard InChI is InChI=1S/C21H27N3O3/c1-3-19(21(26)27-4-2)24-20(25)13-12-18(22-24)16-8-10-17(11-9-16)23-14-6-5-7-15-23/h8-13,19H,3-7,14-15H2,1-2H3. The SMILES string of the molecule is CCOC(=O)C(CC)n1nc(-c2ccc(N3CCCCC3)cc2)ccc1=O. The Morgan fingerprint density at radius 3 is 2.41 bits per heavy atom. The van der Waals surface area contributed by atoms with Gasteiger partial charge >= 0.3 is 5.97 Å². The fourth-order valence-electron chi connectivity index (χ4n) is 3.48. The van der Waals surface area contributed by atoms with Crippen molar-refractivity contribution in [2.75, 3.05) is 24.6 Å². The quantitative estimate of drug-likeness (QED) is 0.730. The van der Waals surface area contributed by atoms with Crippen LogP contribution in [0.4, 0.5) is 5.69 Å². The van der Waals surface area contributed by atoms with Gasteiger partial charge in [-0.25, -0.2) is 9.48 Å². The lowest BCUT2D eigenvalue weighted by molar-refractivity contribution is -0.147. The molecule has 6 nitrogen and oxygen atoms in total. The topological polar surface area (TPSA) is 64.4 Å². The summed E-state index contributed by atoms with van der Waals surface area (Å²) in [6.07, 6.45) is 4.23. The van der Waals surface area contributed by atoms with E-state index in [-0.39, 0.29) is 12.2 Å². The molecule has 0 amide bonds. The molecule has 0 bridgehead atoms. The van der Waals surface area contributed by atoms with Crippen molar-refractivity contribution in [2.45, 2.75) is 45.6 Å². The van der Waals surface area contributed by atoms with Crippen LogP contribution in [0.3, 0.4) is 0 Å². The highest BCUT2D eigenvalue weighted by Gasteiger charge is 2.22. The smallest absolute Gasteiger partial charge is 0.331 e. The van der Waals surface area contributed by atoms with Crippen molar-refractivity contribution in [2.24, 2.45) is 0 Å². The molecule has 1 aliphatic rings. The Morgan fingerprint density at radius 1 is 1.07 bits per heavy atom. The summed E-state index contributed by atoms with van der Waals surface area (Å²) >= 11 is 0. The van der Waals surface area contributed by atoms with E-state index in [1.807, 2.05) is 19.1 Å². The van der Waals surface area contributed by atoms with E-state index in [2.05, 4.69) is 22.1 Å². The number of aromatic nitrogens is 2. The maximum Gasteiger partial charge on any atom is 0.331 e. The molecule has 144 valence electrons. The molecule has 1 atom stereocenters. The van der Waals surface area contributed by atoms with Gasteiger partial charge in [-0.1, -0.05) is 19.1 Å². The third-order valence-corrected chi connectivity index (χ3v) is 4.95. The van der Waals surface area contributed by atoms with Gasteiger partial charge in [-0.05, 0) is 50.8 Å². The number of carbonyl (C=O) groups excluding carboxylic acids is 1. The lowest BCUT2D eigenvalue weighted by Gasteiger charge is -2.28. The molecule has 2 heterocycles. The molecule has 2 aromatic rings. The van der Waals surface area contributed by atoms with E-state index in [0.29, 0.717) is 12.1 Å². The highest BCUT2D eigenvalue weighted by Crippen LogP contribution is 2.24. The Bertz CT molecular complexity index is 823. The van der Waals surface area contributed by atoms with Crippen molar-refractivity contribution in [1.82, 2.24) is 9.78 Å². The minimum atomic E-state index is -0.704. The van der Waals surface area contributed by atoms with Crippen LogP contribution in [0.15, 0.2) is 41.2 Å². The van der Waals surface area contributed by atoms with E-state index >= 15 is 0 Å². The van der Waals surface area contributed by atoms with Crippen molar-refractivity contribution in [3.63, 3.8) is 0 Å². The van der Waals surface area contributed by atoms with Crippen molar-refractivity contribution < 1.29 is 9.53 Å². The number of esters is 1. The summed E-state index contributed by atoms with van der Waals surface area (Å²) in [5.74, 6) is -0.424. The van der Waals surface area contributed by atoms with Crippen LogP contribution in [-0.2, 0) is 9.53 Å². The van der Waals surface area contributed by atoms with E-state index in [1.165, 1.54) is 35.7 Å². The summed E-state index contributed by atoms with van der Waals surface area (Å²) in [5.41, 5.74) is 2.50. The average Bonchev–Trinajstić information content (AvgIpc) is 2.71. The lowest BCUT2D eigenvalue weighted by atomic mass is 10.1. The van der Waals surface area contributed by atoms with E-state index < -0.39 is 12.0 Å². The van der Waals surface area contributed by atoms with Crippen LogP contribution in [-0.4, -0.2) is 35.4 Å². The fraction of sp³-hybridized carbons (Fsp3) is 0.476. The monoisotopic (exact) mass is 369 g/mol. The molecule has 0 radical (unpaired) electrons. The number of piperidine rings is 1. The number of carbonyl (C=O) groups is 1. The van der Waals surface area contributed by atoms with Crippen LogP contribution in [0.1, 0.15) is 45.6 Å². The number of hydrogen-bond acceptors (Lipinski definition) is 5. The number of rotatable bonds is 6. The number of hydrogen-bond donors (Lipinski definition) is 0. The molecule has 1 fully saturated rings. The Kier molecular flexibility index (Phi) is 6.27. The van der Waals surface area contributed by atoms with Gasteiger partial charge < -0.3 is 9.64 Å². The van der Waals surface area contributed by atoms with E-state index in [9.17, 15) is 9.59 Å². The molecule has 1 unspecified atom stereocenters. The summed E-state index contributed by atoms with van der Waals surface area (Å²) in [4.78, 5) is 26.8. The first-order valence-electron chi connectivity index (χ1n) is 9.76. The number of benzene rings is 1. The molecule has 1 aromatic carbocycles. The van der Waals surface area contributed by atoms with Gasteiger partial charge in [0.05, 0.1) is 12.3 Å². The van der Waals surface area contributed by atoms with Gasteiger partial charge in [-0.15, -0.1) is 0 Å². The molecular weight excluding hydrogens is 342 g/mol. The predicted molar refractivity (Wildman–Crippen MR) is 106 cm³/mol. The van der Waals surface area contributed by atoms with Crippen LogP contribution in [0.25, 0.3) is 11.3 Å². The number of anilines is 1. The van der Waals surface area contributed by atoms with E-state index in [4.69, 9.17) is 4.74 Å². The maximum absolute atomic E-state index is 12.3. The molecule has 0 spiro atoms. The zero-order valence-corrected chi connectivity index (χ0v) is 16.1. The molecular formula is C21H27N3O3. The Balaban J connectivity index is 1.86. The maximum atomic E-state index is 12.3. The predicted octanol–water partition coefficient (Wildman–Crippen LogP) is 3.41. The van der Waals surface area contributed by atoms with Gasteiger partial charge in [0, 0.05) is 30.4 Å². The third-order valence-electron chi connectivity index (χ3n) is 4.95. The zero-order chi connectivity index (χ0) is 19.2. The highest BCUT2D eigenvalue weighted by molar-refractivity contribution is 5.74. The van der Waals surface area contributed by atoms with Gasteiger partial charge in [0.1, 0.15) is 0 Å². The van der Waals surface area contributed by atoms with Crippen LogP contribution < -0.4 is 10.5 Å².